The quantitative estimate of drug-likeness (QED) is 0.815. The van der Waals surface area contributed by atoms with E-state index in [2.05, 4.69) is 17.3 Å². The minimum Gasteiger partial charge on any atom is -0.395 e. The standard InChI is InChI=1S/C14H19N3O/c1-2-12(11-18)15-10-13-8-9-17(16-13)14-6-4-3-5-7-14/h3-9,12,15,18H,2,10-11H2,1H3/t12-/m1/s1. The van der Waals surface area contributed by atoms with E-state index in [1.807, 2.05) is 47.3 Å². The second-order valence-corrected chi connectivity index (χ2v) is 4.26. The molecule has 96 valence electrons. The highest BCUT2D eigenvalue weighted by molar-refractivity contribution is 5.30. The third kappa shape index (κ3) is 3.18. The summed E-state index contributed by atoms with van der Waals surface area (Å²) in [5, 5.41) is 16.9. The molecule has 0 amide bonds. The number of rotatable bonds is 6. The minimum absolute atomic E-state index is 0.145. The molecule has 0 unspecified atom stereocenters. The van der Waals surface area contributed by atoms with E-state index in [9.17, 15) is 0 Å². The molecule has 0 spiro atoms. The summed E-state index contributed by atoms with van der Waals surface area (Å²) in [6.45, 7) is 2.89. The van der Waals surface area contributed by atoms with Gasteiger partial charge in [-0.2, -0.15) is 5.10 Å². The number of benzene rings is 1. The molecule has 1 heterocycles. The van der Waals surface area contributed by atoms with E-state index in [0.717, 1.165) is 17.8 Å². The molecule has 0 aliphatic rings. The van der Waals surface area contributed by atoms with Crippen LogP contribution in [0.2, 0.25) is 0 Å². The second kappa shape index (κ2) is 6.33. The zero-order valence-electron chi connectivity index (χ0n) is 10.6. The lowest BCUT2D eigenvalue weighted by Crippen LogP contribution is -2.31. The molecule has 4 nitrogen and oxygen atoms in total. The molecular weight excluding hydrogens is 226 g/mol. The third-order valence-corrected chi connectivity index (χ3v) is 2.95. The van der Waals surface area contributed by atoms with Gasteiger partial charge in [-0.25, -0.2) is 4.68 Å². The molecule has 2 N–H and O–H groups in total. The van der Waals surface area contributed by atoms with Gasteiger partial charge in [-0.05, 0) is 24.6 Å². The van der Waals surface area contributed by atoms with Gasteiger partial charge in [0, 0.05) is 18.8 Å². The Hall–Kier alpha value is -1.65. The van der Waals surface area contributed by atoms with Crippen LogP contribution in [-0.2, 0) is 6.54 Å². The average molecular weight is 245 g/mol. The number of para-hydroxylation sites is 1. The molecule has 0 aliphatic heterocycles. The minimum atomic E-state index is 0.145. The van der Waals surface area contributed by atoms with E-state index in [0.29, 0.717) is 6.54 Å². The summed E-state index contributed by atoms with van der Waals surface area (Å²) < 4.78 is 1.86. The first-order chi connectivity index (χ1) is 8.83. The van der Waals surface area contributed by atoms with E-state index in [4.69, 9.17) is 5.11 Å². The van der Waals surface area contributed by atoms with Crippen molar-refractivity contribution in [3.63, 3.8) is 0 Å². The van der Waals surface area contributed by atoms with Crippen molar-refractivity contribution < 1.29 is 5.11 Å². The first-order valence-electron chi connectivity index (χ1n) is 6.27. The van der Waals surface area contributed by atoms with Crippen LogP contribution in [0.4, 0.5) is 0 Å². The number of hydrogen-bond acceptors (Lipinski definition) is 3. The topological polar surface area (TPSA) is 50.1 Å². The fraction of sp³-hybridized carbons (Fsp3) is 0.357. The summed E-state index contributed by atoms with van der Waals surface area (Å²) in [5.74, 6) is 0. The zero-order chi connectivity index (χ0) is 12.8. The van der Waals surface area contributed by atoms with Crippen LogP contribution in [0, 0.1) is 0 Å². The predicted molar refractivity (Wildman–Crippen MR) is 71.6 cm³/mol. The molecule has 4 heteroatoms. The van der Waals surface area contributed by atoms with Crippen LogP contribution in [0.15, 0.2) is 42.6 Å². The molecule has 2 rings (SSSR count). The second-order valence-electron chi connectivity index (χ2n) is 4.26. The van der Waals surface area contributed by atoms with Crippen LogP contribution < -0.4 is 5.32 Å². The van der Waals surface area contributed by atoms with E-state index in [1.54, 1.807) is 0 Å². The van der Waals surface area contributed by atoms with Crippen molar-refractivity contribution in [1.29, 1.82) is 0 Å². The Morgan fingerprint density at radius 1 is 1.28 bits per heavy atom. The van der Waals surface area contributed by atoms with Gasteiger partial charge in [0.1, 0.15) is 0 Å². The van der Waals surface area contributed by atoms with Crippen LogP contribution in [0.5, 0.6) is 0 Å². The number of aliphatic hydroxyl groups excluding tert-OH is 1. The van der Waals surface area contributed by atoms with Gasteiger partial charge in [-0.15, -0.1) is 0 Å². The first kappa shape index (κ1) is 12.8. The van der Waals surface area contributed by atoms with Gasteiger partial charge < -0.3 is 10.4 Å². The Morgan fingerprint density at radius 3 is 2.72 bits per heavy atom. The maximum Gasteiger partial charge on any atom is 0.0766 e. The van der Waals surface area contributed by atoms with Crippen LogP contribution in [0.25, 0.3) is 5.69 Å². The highest BCUT2D eigenvalue weighted by atomic mass is 16.3. The Balaban J connectivity index is 1.98. The molecule has 18 heavy (non-hydrogen) atoms. The molecule has 0 saturated heterocycles. The highest BCUT2D eigenvalue weighted by Crippen LogP contribution is 2.06. The van der Waals surface area contributed by atoms with Gasteiger partial charge in [-0.3, -0.25) is 0 Å². The lowest BCUT2D eigenvalue weighted by Gasteiger charge is -2.12. The van der Waals surface area contributed by atoms with Gasteiger partial charge in [0.2, 0.25) is 0 Å². The maximum absolute atomic E-state index is 9.10. The van der Waals surface area contributed by atoms with Crippen molar-refractivity contribution in [2.45, 2.75) is 25.9 Å². The van der Waals surface area contributed by atoms with Gasteiger partial charge in [-0.1, -0.05) is 25.1 Å². The van der Waals surface area contributed by atoms with E-state index >= 15 is 0 Å². The molecule has 2 aromatic rings. The van der Waals surface area contributed by atoms with Crippen molar-refractivity contribution in [2.75, 3.05) is 6.61 Å². The fourth-order valence-electron chi connectivity index (χ4n) is 1.77. The lowest BCUT2D eigenvalue weighted by atomic mass is 10.2. The molecular formula is C14H19N3O. The summed E-state index contributed by atoms with van der Waals surface area (Å²) >= 11 is 0. The summed E-state index contributed by atoms with van der Waals surface area (Å²) in [7, 11) is 0. The van der Waals surface area contributed by atoms with Gasteiger partial charge in [0.05, 0.1) is 18.0 Å². The summed E-state index contributed by atoms with van der Waals surface area (Å²) in [4.78, 5) is 0. The normalized spacial score (nSPS) is 12.6. The molecule has 0 saturated carbocycles. The Morgan fingerprint density at radius 2 is 2.06 bits per heavy atom. The molecule has 0 aliphatic carbocycles. The fourth-order valence-corrected chi connectivity index (χ4v) is 1.77. The van der Waals surface area contributed by atoms with E-state index in [-0.39, 0.29) is 12.6 Å². The SMILES string of the molecule is CC[C@H](CO)NCc1ccn(-c2ccccc2)n1. The third-order valence-electron chi connectivity index (χ3n) is 2.95. The summed E-state index contributed by atoms with van der Waals surface area (Å²) in [5.41, 5.74) is 2.03. The zero-order valence-corrected chi connectivity index (χ0v) is 10.6. The largest absolute Gasteiger partial charge is 0.395 e. The van der Waals surface area contributed by atoms with E-state index in [1.165, 1.54) is 0 Å². The lowest BCUT2D eigenvalue weighted by molar-refractivity contribution is 0.238. The van der Waals surface area contributed by atoms with Crippen molar-refractivity contribution in [3.05, 3.63) is 48.3 Å². The Labute approximate surface area is 107 Å². The number of aliphatic hydroxyl groups is 1. The Kier molecular flexibility index (Phi) is 4.50. The number of hydrogen-bond donors (Lipinski definition) is 2. The molecule has 0 radical (unpaired) electrons. The molecule has 0 bridgehead atoms. The van der Waals surface area contributed by atoms with Crippen molar-refractivity contribution in [3.8, 4) is 5.69 Å². The van der Waals surface area contributed by atoms with Crippen molar-refractivity contribution >= 4 is 0 Å². The smallest absolute Gasteiger partial charge is 0.0766 e. The first-order valence-corrected chi connectivity index (χ1v) is 6.27. The molecule has 1 aromatic heterocycles. The van der Waals surface area contributed by atoms with Gasteiger partial charge in [0.15, 0.2) is 0 Å². The highest BCUT2D eigenvalue weighted by Gasteiger charge is 2.05. The van der Waals surface area contributed by atoms with E-state index < -0.39 is 0 Å². The maximum atomic E-state index is 9.10. The van der Waals surface area contributed by atoms with Gasteiger partial charge in [0.25, 0.3) is 0 Å². The number of nitrogens with one attached hydrogen (secondary N) is 1. The van der Waals surface area contributed by atoms with Crippen molar-refractivity contribution in [2.24, 2.45) is 0 Å². The summed E-state index contributed by atoms with van der Waals surface area (Å²) in [6.07, 6.45) is 2.86. The molecule has 1 aromatic carbocycles. The number of aromatic nitrogens is 2. The molecule has 0 fully saturated rings. The monoisotopic (exact) mass is 245 g/mol. The van der Waals surface area contributed by atoms with Crippen LogP contribution in [0.1, 0.15) is 19.0 Å². The summed E-state index contributed by atoms with van der Waals surface area (Å²) in [6, 6.07) is 12.2. The van der Waals surface area contributed by atoms with Crippen molar-refractivity contribution in [1.82, 2.24) is 15.1 Å². The number of nitrogens with zero attached hydrogens (tertiary/aromatic N) is 2. The van der Waals surface area contributed by atoms with Gasteiger partial charge >= 0.3 is 0 Å². The molecule has 1 atom stereocenters. The average Bonchev–Trinajstić information content (AvgIpc) is 2.90. The van der Waals surface area contributed by atoms with Crippen LogP contribution in [0.3, 0.4) is 0 Å². The predicted octanol–water partition coefficient (Wildman–Crippen LogP) is 1.73. The van der Waals surface area contributed by atoms with Crippen LogP contribution >= 0.6 is 0 Å². The Bertz CT molecular complexity index is 463. The van der Waals surface area contributed by atoms with Crippen LogP contribution in [-0.4, -0.2) is 27.5 Å².